The van der Waals surface area contributed by atoms with Crippen molar-refractivity contribution in [2.75, 3.05) is 13.1 Å². The smallest absolute Gasteiger partial charge is 0.291 e. The van der Waals surface area contributed by atoms with Crippen molar-refractivity contribution in [2.24, 2.45) is 13.0 Å². The minimum Gasteiger partial charge on any atom is -0.388 e. The minimum atomic E-state index is -0.528. The molecule has 2 heterocycles. The summed E-state index contributed by atoms with van der Waals surface area (Å²) in [7, 11) is 1.71. The number of aryl methyl sites for hydroxylation is 1. The van der Waals surface area contributed by atoms with Crippen LogP contribution in [0, 0.1) is 5.92 Å². The van der Waals surface area contributed by atoms with Crippen LogP contribution in [0.25, 0.3) is 0 Å². The molecule has 23 heavy (non-hydrogen) atoms. The third kappa shape index (κ3) is 3.38. The molecular weight excluding hydrogens is 316 g/mol. The van der Waals surface area contributed by atoms with E-state index in [0.717, 1.165) is 18.4 Å². The quantitative estimate of drug-likeness (QED) is 0.932. The first kappa shape index (κ1) is 16.0. The van der Waals surface area contributed by atoms with Crippen LogP contribution in [0.5, 0.6) is 0 Å². The van der Waals surface area contributed by atoms with Gasteiger partial charge in [-0.3, -0.25) is 4.79 Å². The lowest BCUT2D eigenvalue weighted by atomic mass is 9.87. The van der Waals surface area contributed by atoms with Gasteiger partial charge in [-0.25, -0.2) is 9.67 Å². The monoisotopic (exact) mass is 334 g/mol. The number of likely N-dealkylation sites (tertiary alicyclic amines) is 1. The molecule has 122 valence electrons. The van der Waals surface area contributed by atoms with Gasteiger partial charge >= 0.3 is 0 Å². The first-order chi connectivity index (χ1) is 11.1. The van der Waals surface area contributed by atoms with Crippen molar-refractivity contribution >= 4 is 17.5 Å². The number of aliphatic hydroxyl groups is 1. The van der Waals surface area contributed by atoms with Crippen LogP contribution in [-0.4, -0.2) is 43.8 Å². The van der Waals surface area contributed by atoms with E-state index in [1.807, 2.05) is 12.1 Å². The van der Waals surface area contributed by atoms with Crippen LogP contribution < -0.4 is 0 Å². The third-order valence-corrected chi connectivity index (χ3v) is 4.64. The summed E-state index contributed by atoms with van der Waals surface area (Å²) in [5.74, 6) is 0.380. The lowest BCUT2D eigenvalue weighted by Gasteiger charge is -2.34. The number of nitrogens with zero attached hydrogens (tertiary/aromatic N) is 4. The number of amides is 1. The normalized spacial score (nSPS) is 17.3. The lowest BCUT2D eigenvalue weighted by Crippen LogP contribution is -2.40. The van der Waals surface area contributed by atoms with E-state index in [1.165, 1.54) is 11.0 Å². The number of halogens is 1. The summed E-state index contributed by atoms with van der Waals surface area (Å²) < 4.78 is 1.48. The van der Waals surface area contributed by atoms with E-state index < -0.39 is 6.10 Å². The first-order valence-electron chi connectivity index (χ1n) is 7.63. The molecule has 1 aliphatic rings. The minimum absolute atomic E-state index is 0.107. The molecular formula is C16H19ClN4O2. The van der Waals surface area contributed by atoms with Crippen molar-refractivity contribution in [1.82, 2.24) is 19.7 Å². The van der Waals surface area contributed by atoms with E-state index in [-0.39, 0.29) is 11.8 Å². The number of benzene rings is 1. The van der Waals surface area contributed by atoms with Crippen molar-refractivity contribution in [1.29, 1.82) is 0 Å². The Morgan fingerprint density at radius 1 is 1.30 bits per heavy atom. The van der Waals surface area contributed by atoms with Gasteiger partial charge in [0.2, 0.25) is 5.82 Å². The summed E-state index contributed by atoms with van der Waals surface area (Å²) in [4.78, 5) is 18.2. The van der Waals surface area contributed by atoms with E-state index in [0.29, 0.717) is 23.9 Å². The number of aliphatic hydroxyl groups excluding tert-OH is 1. The zero-order valence-corrected chi connectivity index (χ0v) is 13.6. The first-order valence-corrected chi connectivity index (χ1v) is 8.01. The molecule has 0 aliphatic carbocycles. The van der Waals surface area contributed by atoms with E-state index in [4.69, 9.17) is 11.6 Å². The number of carbonyl (C=O) groups excluding carboxylic acids is 1. The van der Waals surface area contributed by atoms with Crippen LogP contribution in [0.15, 0.2) is 30.6 Å². The molecule has 1 atom stereocenters. The summed E-state index contributed by atoms with van der Waals surface area (Å²) in [6.45, 7) is 1.22. The molecule has 0 spiro atoms. The molecule has 0 bridgehead atoms. The second kappa shape index (κ2) is 6.68. The standard InChI is InChI=1S/C16H19ClN4O2/c1-20-15(18-10-19-20)16(23)21-8-6-12(7-9-21)14(22)11-2-4-13(17)5-3-11/h2-5,10,12,14,22H,6-9H2,1H3. The molecule has 7 heteroatoms. The highest BCUT2D eigenvalue weighted by Gasteiger charge is 2.30. The lowest BCUT2D eigenvalue weighted by molar-refractivity contribution is 0.0451. The van der Waals surface area contributed by atoms with Gasteiger partial charge in [-0.15, -0.1) is 0 Å². The number of hydrogen-bond acceptors (Lipinski definition) is 4. The SMILES string of the molecule is Cn1ncnc1C(=O)N1CCC(C(O)c2ccc(Cl)cc2)CC1. The molecule has 1 aromatic heterocycles. The molecule has 1 saturated heterocycles. The van der Waals surface area contributed by atoms with Gasteiger partial charge in [0, 0.05) is 25.2 Å². The Morgan fingerprint density at radius 2 is 1.96 bits per heavy atom. The molecule has 6 nitrogen and oxygen atoms in total. The van der Waals surface area contributed by atoms with E-state index in [1.54, 1.807) is 24.1 Å². The van der Waals surface area contributed by atoms with Crippen molar-refractivity contribution in [3.05, 3.63) is 47.0 Å². The van der Waals surface area contributed by atoms with Gasteiger partial charge in [0.1, 0.15) is 6.33 Å². The molecule has 0 radical (unpaired) electrons. The summed E-state index contributed by atoms with van der Waals surface area (Å²) in [5, 5.41) is 15.1. The topological polar surface area (TPSA) is 71.2 Å². The molecule has 1 amide bonds. The summed E-state index contributed by atoms with van der Waals surface area (Å²) in [6, 6.07) is 7.27. The van der Waals surface area contributed by atoms with Crippen LogP contribution >= 0.6 is 11.6 Å². The summed E-state index contributed by atoms with van der Waals surface area (Å²) in [5.41, 5.74) is 0.868. The zero-order valence-electron chi connectivity index (χ0n) is 12.9. The Hall–Kier alpha value is -1.92. The third-order valence-electron chi connectivity index (χ3n) is 4.39. The second-order valence-corrected chi connectivity index (χ2v) is 6.27. The van der Waals surface area contributed by atoms with Crippen LogP contribution in [0.4, 0.5) is 0 Å². The molecule has 1 fully saturated rings. The van der Waals surface area contributed by atoms with Crippen molar-refractivity contribution in [3.8, 4) is 0 Å². The van der Waals surface area contributed by atoms with Gasteiger partial charge in [-0.1, -0.05) is 23.7 Å². The van der Waals surface area contributed by atoms with Gasteiger partial charge in [0.25, 0.3) is 5.91 Å². The molecule has 1 aromatic carbocycles. The van der Waals surface area contributed by atoms with Crippen molar-refractivity contribution in [3.63, 3.8) is 0 Å². The highest BCUT2D eigenvalue weighted by atomic mass is 35.5. The fourth-order valence-corrected chi connectivity index (χ4v) is 3.11. The predicted molar refractivity (Wildman–Crippen MR) is 86.0 cm³/mol. The van der Waals surface area contributed by atoms with E-state index >= 15 is 0 Å². The van der Waals surface area contributed by atoms with Crippen LogP contribution in [0.3, 0.4) is 0 Å². The van der Waals surface area contributed by atoms with Gasteiger partial charge in [0.15, 0.2) is 0 Å². The fourth-order valence-electron chi connectivity index (χ4n) is 2.98. The van der Waals surface area contributed by atoms with Gasteiger partial charge in [0.05, 0.1) is 6.10 Å². The Bertz CT molecular complexity index is 678. The second-order valence-electron chi connectivity index (χ2n) is 5.83. The molecule has 3 rings (SSSR count). The number of hydrogen-bond donors (Lipinski definition) is 1. The summed E-state index contributed by atoms with van der Waals surface area (Å²) >= 11 is 5.88. The fraction of sp³-hybridized carbons (Fsp3) is 0.438. The maximum atomic E-state index is 12.4. The van der Waals surface area contributed by atoms with Gasteiger partial charge in [-0.2, -0.15) is 5.10 Å². The largest absolute Gasteiger partial charge is 0.388 e. The highest BCUT2D eigenvalue weighted by molar-refractivity contribution is 6.30. The number of piperidine rings is 1. The number of carbonyl (C=O) groups is 1. The highest BCUT2D eigenvalue weighted by Crippen LogP contribution is 2.31. The average molecular weight is 335 g/mol. The number of rotatable bonds is 3. The Labute approximate surface area is 139 Å². The molecule has 1 unspecified atom stereocenters. The van der Waals surface area contributed by atoms with Crippen LogP contribution in [-0.2, 0) is 7.05 Å². The van der Waals surface area contributed by atoms with Crippen molar-refractivity contribution in [2.45, 2.75) is 18.9 Å². The number of aromatic nitrogens is 3. The molecule has 1 N–H and O–H groups in total. The van der Waals surface area contributed by atoms with Crippen LogP contribution in [0.1, 0.15) is 35.1 Å². The van der Waals surface area contributed by atoms with Crippen LogP contribution in [0.2, 0.25) is 5.02 Å². The van der Waals surface area contributed by atoms with Crippen molar-refractivity contribution < 1.29 is 9.90 Å². The Balaban J connectivity index is 1.61. The Kier molecular flexibility index (Phi) is 4.63. The molecule has 0 saturated carbocycles. The van der Waals surface area contributed by atoms with E-state index in [2.05, 4.69) is 10.1 Å². The maximum Gasteiger partial charge on any atom is 0.291 e. The molecule has 1 aliphatic heterocycles. The van der Waals surface area contributed by atoms with E-state index in [9.17, 15) is 9.90 Å². The van der Waals surface area contributed by atoms with Gasteiger partial charge in [-0.05, 0) is 36.5 Å². The Morgan fingerprint density at radius 3 is 2.52 bits per heavy atom. The summed E-state index contributed by atoms with van der Waals surface area (Å²) in [6.07, 6.45) is 2.37. The average Bonchev–Trinajstić information content (AvgIpc) is 3.00. The molecule has 2 aromatic rings. The maximum absolute atomic E-state index is 12.4. The predicted octanol–water partition coefficient (Wildman–Crippen LogP) is 2.05. The zero-order chi connectivity index (χ0) is 16.4. The van der Waals surface area contributed by atoms with Gasteiger partial charge < -0.3 is 10.0 Å².